The van der Waals surface area contributed by atoms with Gasteiger partial charge in [-0.25, -0.2) is 0 Å². The molecule has 1 heterocycles. The quantitative estimate of drug-likeness (QED) is 0.879. The molecular weight excluding hydrogens is 320 g/mol. The average molecular weight is 339 g/mol. The Bertz CT molecular complexity index is 570. The van der Waals surface area contributed by atoms with Gasteiger partial charge in [-0.15, -0.1) is 10.2 Å². The molecule has 108 valence electrons. The largest absolute Gasteiger partial charge is 0.496 e. The van der Waals surface area contributed by atoms with Crippen LogP contribution in [0.15, 0.2) is 29.0 Å². The molecule has 0 aliphatic rings. The molecule has 5 nitrogen and oxygen atoms in total. The zero-order valence-corrected chi connectivity index (χ0v) is 13.5. The van der Waals surface area contributed by atoms with Crippen LogP contribution >= 0.6 is 15.9 Å². The summed E-state index contributed by atoms with van der Waals surface area (Å²) in [6.45, 7) is 3.00. The van der Waals surface area contributed by atoms with Crippen LogP contribution in [0.5, 0.6) is 5.75 Å². The molecule has 2 aromatic rings. The zero-order chi connectivity index (χ0) is 14.5. The number of aromatic nitrogens is 3. The summed E-state index contributed by atoms with van der Waals surface area (Å²) in [6.07, 6.45) is 2.58. The lowest BCUT2D eigenvalue weighted by Gasteiger charge is -2.15. The minimum Gasteiger partial charge on any atom is -0.496 e. The summed E-state index contributed by atoms with van der Waals surface area (Å²) in [5.41, 5.74) is 1.22. The summed E-state index contributed by atoms with van der Waals surface area (Å²) in [5.74, 6) is 1.83. The van der Waals surface area contributed by atoms with Gasteiger partial charge in [-0.2, -0.15) is 0 Å². The first-order valence-corrected chi connectivity index (χ1v) is 7.31. The number of rotatable bonds is 6. The second kappa shape index (κ2) is 6.85. The highest BCUT2D eigenvalue weighted by Gasteiger charge is 2.08. The van der Waals surface area contributed by atoms with Gasteiger partial charge in [0.15, 0.2) is 0 Å². The first-order chi connectivity index (χ1) is 9.61. The van der Waals surface area contributed by atoms with Crippen molar-refractivity contribution < 1.29 is 4.74 Å². The molecule has 20 heavy (non-hydrogen) atoms. The minimum atomic E-state index is 0.269. The van der Waals surface area contributed by atoms with E-state index in [2.05, 4.69) is 50.5 Å². The number of hydrogen-bond donors (Lipinski definition) is 1. The molecule has 1 aromatic heterocycles. The van der Waals surface area contributed by atoms with Crippen LogP contribution in [0.3, 0.4) is 0 Å². The van der Waals surface area contributed by atoms with E-state index < -0.39 is 0 Å². The number of hydrogen-bond acceptors (Lipinski definition) is 4. The number of benzene rings is 1. The standard InChI is InChI=1S/C14H19BrN4O/c1-10(11-4-5-13(20-3)12(15)8-11)16-7-6-14-18-17-9-19(14)2/h4-5,8-10,16H,6-7H2,1-3H3. The number of ether oxygens (including phenoxy) is 1. The van der Waals surface area contributed by atoms with Gasteiger partial charge in [0, 0.05) is 26.1 Å². The molecule has 0 amide bonds. The van der Waals surface area contributed by atoms with Crippen LogP contribution in [-0.4, -0.2) is 28.4 Å². The summed E-state index contributed by atoms with van der Waals surface area (Å²) >= 11 is 3.51. The average Bonchev–Trinajstić information content (AvgIpc) is 2.84. The van der Waals surface area contributed by atoms with Gasteiger partial charge in [-0.05, 0) is 40.5 Å². The van der Waals surface area contributed by atoms with Crippen molar-refractivity contribution >= 4 is 15.9 Å². The molecule has 2 rings (SSSR count). The summed E-state index contributed by atoms with van der Waals surface area (Å²) in [7, 11) is 3.63. The number of nitrogens with one attached hydrogen (secondary N) is 1. The van der Waals surface area contributed by atoms with Crippen LogP contribution in [0, 0.1) is 0 Å². The van der Waals surface area contributed by atoms with Gasteiger partial charge in [0.1, 0.15) is 17.9 Å². The predicted molar refractivity (Wildman–Crippen MR) is 81.8 cm³/mol. The summed E-state index contributed by atoms with van der Waals surface area (Å²) in [6, 6.07) is 6.40. The zero-order valence-electron chi connectivity index (χ0n) is 11.9. The number of nitrogens with zero attached hydrogens (tertiary/aromatic N) is 3. The Hall–Kier alpha value is -1.40. The highest BCUT2D eigenvalue weighted by atomic mass is 79.9. The minimum absolute atomic E-state index is 0.269. The van der Waals surface area contributed by atoms with E-state index in [9.17, 15) is 0 Å². The number of methoxy groups -OCH3 is 1. The summed E-state index contributed by atoms with van der Waals surface area (Å²) in [4.78, 5) is 0. The maximum absolute atomic E-state index is 5.24. The van der Waals surface area contributed by atoms with Gasteiger partial charge < -0.3 is 14.6 Å². The lowest BCUT2D eigenvalue weighted by atomic mass is 10.1. The van der Waals surface area contributed by atoms with Crippen molar-refractivity contribution in [1.82, 2.24) is 20.1 Å². The first-order valence-electron chi connectivity index (χ1n) is 6.51. The van der Waals surface area contributed by atoms with Crippen molar-refractivity contribution in [3.63, 3.8) is 0 Å². The second-order valence-corrected chi connectivity index (χ2v) is 5.53. The van der Waals surface area contributed by atoms with Gasteiger partial charge in [0.05, 0.1) is 11.6 Å². The van der Waals surface area contributed by atoms with Gasteiger partial charge in [-0.3, -0.25) is 0 Å². The highest BCUT2D eigenvalue weighted by molar-refractivity contribution is 9.10. The van der Waals surface area contributed by atoms with Crippen molar-refractivity contribution in [3.8, 4) is 5.75 Å². The molecule has 1 aromatic carbocycles. The van der Waals surface area contributed by atoms with E-state index in [0.29, 0.717) is 0 Å². The molecular formula is C14H19BrN4O. The van der Waals surface area contributed by atoms with E-state index in [1.165, 1.54) is 5.56 Å². The van der Waals surface area contributed by atoms with E-state index in [1.54, 1.807) is 13.4 Å². The van der Waals surface area contributed by atoms with Gasteiger partial charge in [0.25, 0.3) is 0 Å². The number of halogens is 1. The molecule has 1 N–H and O–H groups in total. The molecule has 6 heteroatoms. The molecule has 0 saturated carbocycles. The van der Waals surface area contributed by atoms with Crippen molar-refractivity contribution in [3.05, 3.63) is 40.4 Å². The Kier molecular flexibility index (Phi) is 5.14. The fraction of sp³-hybridized carbons (Fsp3) is 0.429. The monoisotopic (exact) mass is 338 g/mol. The first kappa shape index (κ1) is 15.0. The Balaban J connectivity index is 1.90. The fourth-order valence-electron chi connectivity index (χ4n) is 2.00. The summed E-state index contributed by atoms with van der Waals surface area (Å²) in [5, 5.41) is 11.4. The van der Waals surface area contributed by atoms with Crippen molar-refractivity contribution in [1.29, 1.82) is 0 Å². The molecule has 0 radical (unpaired) electrons. The lowest BCUT2D eigenvalue weighted by Crippen LogP contribution is -2.22. The Morgan fingerprint density at radius 1 is 1.45 bits per heavy atom. The Morgan fingerprint density at radius 3 is 2.85 bits per heavy atom. The van der Waals surface area contributed by atoms with E-state index in [1.807, 2.05) is 17.7 Å². The van der Waals surface area contributed by atoms with Crippen LogP contribution in [-0.2, 0) is 13.5 Å². The van der Waals surface area contributed by atoms with Crippen LogP contribution in [0.25, 0.3) is 0 Å². The van der Waals surface area contributed by atoms with Gasteiger partial charge >= 0.3 is 0 Å². The van der Waals surface area contributed by atoms with Gasteiger partial charge in [-0.1, -0.05) is 6.07 Å². The molecule has 1 atom stereocenters. The third-order valence-corrected chi connectivity index (χ3v) is 3.90. The van der Waals surface area contributed by atoms with Crippen LogP contribution in [0.2, 0.25) is 0 Å². The van der Waals surface area contributed by atoms with Crippen LogP contribution in [0.1, 0.15) is 24.4 Å². The molecule has 0 aliphatic heterocycles. The molecule has 0 spiro atoms. The third kappa shape index (κ3) is 3.58. The number of aryl methyl sites for hydroxylation is 1. The summed E-state index contributed by atoms with van der Waals surface area (Å²) < 4.78 is 8.15. The maximum Gasteiger partial charge on any atom is 0.133 e. The topological polar surface area (TPSA) is 52.0 Å². The molecule has 0 saturated heterocycles. The molecule has 0 aliphatic carbocycles. The van der Waals surface area contributed by atoms with E-state index in [-0.39, 0.29) is 6.04 Å². The lowest BCUT2D eigenvalue weighted by molar-refractivity contribution is 0.411. The smallest absolute Gasteiger partial charge is 0.133 e. The van der Waals surface area contributed by atoms with Crippen molar-refractivity contribution in [2.45, 2.75) is 19.4 Å². The molecule has 1 unspecified atom stereocenters. The van der Waals surface area contributed by atoms with Crippen LogP contribution < -0.4 is 10.1 Å². The third-order valence-electron chi connectivity index (χ3n) is 3.28. The van der Waals surface area contributed by atoms with E-state index in [4.69, 9.17) is 4.74 Å². The molecule has 0 bridgehead atoms. The SMILES string of the molecule is COc1ccc(C(C)NCCc2nncn2C)cc1Br. The second-order valence-electron chi connectivity index (χ2n) is 4.68. The van der Waals surface area contributed by atoms with Crippen molar-refractivity contribution in [2.24, 2.45) is 7.05 Å². The Morgan fingerprint density at radius 2 is 2.25 bits per heavy atom. The Labute approximate surface area is 127 Å². The fourth-order valence-corrected chi connectivity index (χ4v) is 2.56. The predicted octanol–water partition coefficient (Wildman–Crippen LogP) is 2.48. The maximum atomic E-state index is 5.24. The normalized spacial score (nSPS) is 12.4. The van der Waals surface area contributed by atoms with E-state index in [0.717, 1.165) is 29.0 Å². The highest BCUT2D eigenvalue weighted by Crippen LogP contribution is 2.27. The van der Waals surface area contributed by atoms with Crippen LogP contribution in [0.4, 0.5) is 0 Å². The van der Waals surface area contributed by atoms with E-state index >= 15 is 0 Å². The molecule has 0 fully saturated rings. The van der Waals surface area contributed by atoms with Gasteiger partial charge in [0.2, 0.25) is 0 Å². The van der Waals surface area contributed by atoms with Crippen molar-refractivity contribution in [2.75, 3.05) is 13.7 Å².